The summed E-state index contributed by atoms with van der Waals surface area (Å²) in [5.41, 5.74) is 0. The van der Waals surface area contributed by atoms with E-state index >= 15 is 0 Å². The van der Waals surface area contributed by atoms with Crippen LogP contribution in [0.1, 0.15) is 19.8 Å². The molecule has 1 rings (SSSR count). The first-order valence-electron chi connectivity index (χ1n) is 4.66. The Morgan fingerprint density at radius 2 is 2.38 bits per heavy atom. The summed E-state index contributed by atoms with van der Waals surface area (Å²) >= 11 is 0. The van der Waals surface area contributed by atoms with Crippen LogP contribution in [0.5, 0.6) is 0 Å². The molecule has 1 N–H and O–H groups in total. The standard InChI is InChI=1S/C10H16FNO/c1-2-3-4-5-12-7-9(11)6-10(12)8-13/h9-10,13H,4-8H2,1H3/t9-,10-/m0/s1. The van der Waals surface area contributed by atoms with Gasteiger partial charge in [0.05, 0.1) is 6.61 Å². The Kier molecular flexibility index (Phi) is 4.20. The first-order valence-corrected chi connectivity index (χ1v) is 4.66. The number of likely N-dealkylation sites (tertiary alicyclic amines) is 1. The number of halogens is 1. The van der Waals surface area contributed by atoms with Crippen molar-refractivity contribution in [2.24, 2.45) is 0 Å². The number of hydrogen-bond acceptors (Lipinski definition) is 2. The van der Waals surface area contributed by atoms with Crippen LogP contribution in [0.4, 0.5) is 4.39 Å². The van der Waals surface area contributed by atoms with Crippen molar-refractivity contribution in [1.29, 1.82) is 0 Å². The predicted octanol–water partition coefficient (Wildman–Crippen LogP) is 0.804. The molecule has 1 heterocycles. The average Bonchev–Trinajstić information content (AvgIpc) is 2.47. The van der Waals surface area contributed by atoms with Gasteiger partial charge in [-0.1, -0.05) is 0 Å². The van der Waals surface area contributed by atoms with E-state index in [9.17, 15) is 4.39 Å². The van der Waals surface area contributed by atoms with Crippen LogP contribution in [-0.4, -0.2) is 41.9 Å². The van der Waals surface area contributed by atoms with Crippen LogP contribution in [-0.2, 0) is 0 Å². The Balaban J connectivity index is 2.33. The molecule has 2 atom stereocenters. The van der Waals surface area contributed by atoms with Gasteiger partial charge in [-0.2, -0.15) is 0 Å². The van der Waals surface area contributed by atoms with Crippen molar-refractivity contribution in [2.75, 3.05) is 19.7 Å². The van der Waals surface area contributed by atoms with E-state index in [2.05, 4.69) is 11.8 Å². The van der Waals surface area contributed by atoms with Gasteiger partial charge in [0.15, 0.2) is 0 Å². The first-order chi connectivity index (χ1) is 6.27. The molecule has 0 aliphatic carbocycles. The molecular weight excluding hydrogens is 169 g/mol. The number of alkyl halides is 1. The minimum Gasteiger partial charge on any atom is -0.395 e. The smallest absolute Gasteiger partial charge is 0.114 e. The van der Waals surface area contributed by atoms with E-state index < -0.39 is 6.17 Å². The maximum Gasteiger partial charge on any atom is 0.114 e. The second-order valence-electron chi connectivity index (χ2n) is 3.34. The highest BCUT2D eigenvalue weighted by molar-refractivity contribution is 4.96. The zero-order valence-electron chi connectivity index (χ0n) is 7.96. The van der Waals surface area contributed by atoms with Crippen LogP contribution in [0.2, 0.25) is 0 Å². The number of aliphatic hydroxyl groups excluding tert-OH is 1. The minimum absolute atomic E-state index is 0.00801. The highest BCUT2D eigenvalue weighted by Crippen LogP contribution is 2.19. The van der Waals surface area contributed by atoms with Crippen molar-refractivity contribution in [2.45, 2.75) is 32.0 Å². The first kappa shape index (κ1) is 10.5. The van der Waals surface area contributed by atoms with E-state index in [-0.39, 0.29) is 12.6 Å². The summed E-state index contributed by atoms with van der Waals surface area (Å²) in [4.78, 5) is 1.98. The van der Waals surface area contributed by atoms with Crippen LogP contribution < -0.4 is 0 Å². The van der Waals surface area contributed by atoms with Gasteiger partial charge in [0.2, 0.25) is 0 Å². The zero-order chi connectivity index (χ0) is 9.68. The highest BCUT2D eigenvalue weighted by Gasteiger charge is 2.30. The van der Waals surface area contributed by atoms with Crippen LogP contribution in [0.15, 0.2) is 0 Å². The van der Waals surface area contributed by atoms with Gasteiger partial charge < -0.3 is 5.11 Å². The summed E-state index contributed by atoms with van der Waals surface area (Å²) in [6.45, 7) is 3.08. The number of hydrogen-bond donors (Lipinski definition) is 1. The Labute approximate surface area is 78.7 Å². The van der Waals surface area contributed by atoms with Crippen molar-refractivity contribution < 1.29 is 9.50 Å². The molecule has 2 nitrogen and oxygen atoms in total. The lowest BCUT2D eigenvalue weighted by atomic mass is 10.2. The summed E-state index contributed by atoms with van der Waals surface area (Å²) in [5.74, 6) is 5.74. The summed E-state index contributed by atoms with van der Waals surface area (Å²) < 4.78 is 12.9. The summed E-state index contributed by atoms with van der Waals surface area (Å²) in [7, 11) is 0. The molecule has 0 amide bonds. The van der Waals surface area contributed by atoms with Crippen molar-refractivity contribution in [1.82, 2.24) is 4.90 Å². The van der Waals surface area contributed by atoms with Gasteiger partial charge in [0, 0.05) is 25.6 Å². The summed E-state index contributed by atoms with van der Waals surface area (Å²) in [5, 5.41) is 8.97. The SMILES string of the molecule is CC#CCCN1C[C@@H](F)C[C@H]1CO. The molecular formula is C10H16FNO. The fourth-order valence-corrected chi connectivity index (χ4v) is 1.71. The van der Waals surface area contributed by atoms with E-state index in [1.165, 1.54) is 0 Å². The van der Waals surface area contributed by atoms with E-state index in [0.717, 1.165) is 13.0 Å². The number of rotatable bonds is 3. The normalized spacial score (nSPS) is 28.5. The lowest BCUT2D eigenvalue weighted by molar-refractivity contribution is 0.161. The topological polar surface area (TPSA) is 23.5 Å². The fraction of sp³-hybridized carbons (Fsp3) is 0.800. The van der Waals surface area contributed by atoms with Crippen molar-refractivity contribution in [3.8, 4) is 11.8 Å². The monoisotopic (exact) mass is 185 g/mol. The largest absolute Gasteiger partial charge is 0.395 e. The van der Waals surface area contributed by atoms with Gasteiger partial charge >= 0.3 is 0 Å². The highest BCUT2D eigenvalue weighted by atomic mass is 19.1. The lowest BCUT2D eigenvalue weighted by Gasteiger charge is -2.20. The van der Waals surface area contributed by atoms with Gasteiger partial charge in [0.25, 0.3) is 0 Å². The average molecular weight is 185 g/mol. The molecule has 1 fully saturated rings. The molecule has 0 saturated carbocycles. The fourth-order valence-electron chi connectivity index (χ4n) is 1.71. The van der Waals surface area contributed by atoms with Gasteiger partial charge in [0.1, 0.15) is 6.17 Å². The van der Waals surface area contributed by atoms with Gasteiger partial charge in [-0.15, -0.1) is 11.8 Å². The Bertz CT molecular complexity index is 209. The van der Waals surface area contributed by atoms with Gasteiger partial charge in [-0.05, 0) is 13.3 Å². The van der Waals surface area contributed by atoms with Crippen LogP contribution in [0.25, 0.3) is 0 Å². The molecule has 3 heteroatoms. The molecule has 1 saturated heterocycles. The van der Waals surface area contributed by atoms with E-state index in [0.29, 0.717) is 13.0 Å². The molecule has 13 heavy (non-hydrogen) atoms. The van der Waals surface area contributed by atoms with Crippen molar-refractivity contribution in [3.05, 3.63) is 0 Å². The lowest BCUT2D eigenvalue weighted by Crippen LogP contribution is -2.33. The second-order valence-corrected chi connectivity index (χ2v) is 3.34. The number of nitrogens with zero attached hydrogens (tertiary/aromatic N) is 1. The van der Waals surface area contributed by atoms with Gasteiger partial charge in [-0.25, -0.2) is 4.39 Å². The molecule has 0 aromatic heterocycles. The van der Waals surface area contributed by atoms with Crippen LogP contribution in [0.3, 0.4) is 0 Å². The molecule has 0 aromatic carbocycles. The molecule has 1 aliphatic heterocycles. The number of aliphatic hydroxyl groups is 1. The van der Waals surface area contributed by atoms with Crippen LogP contribution in [0, 0.1) is 11.8 Å². The molecule has 74 valence electrons. The molecule has 0 aromatic rings. The summed E-state index contributed by atoms with van der Waals surface area (Å²) in [6.07, 6.45) is 0.460. The Morgan fingerprint density at radius 1 is 1.62 bits per heavy atom. The zero-order valence-corrected chi connectivity index (χ0v) is 7.96. The molecule has 0 unspecified atom stereocenters. The Morgan fingerprint density at radius 3 is 3.00 bits per heavy atom. The van der Waals surface area contributed by atoms with Gasteiger partial charge in [-0.3, -0.25) is 4.90 Å². The minimum atomic E-state index is -0.772. The van der Waals surface area contributed by atoms with E-state index in [4.69, 9.17) is 5.11 Å². The van der Waals surface area contributed by atoms with Crippen molar-refractivity contribution in [3.63, 3.8) is 0 Å². The van der Waals surface area contributed by atoms with Crippen molar-refractivity contribution >= 4 is 0 Å². The predicted molar refractivity (Wildman–Crippen MR) is 50.0 cm³/mol. The third-order valence-corrected chi connectivity index (χ3v) is 2.39. The molecule has 0 radical (unpaired) electrons. The molecule has 0 spiro atoms. The van der Waals surface area contributed by atoms with E-state index in [1.54, 1.807) is 6.92 Å². The maximum atomic E-state index is 12.9. The quantitative estimate of drug-likeness (QED) is 0.657. The molecule has 1 aliphatic rings. The third-order valence-electron chi connectivity index (χ3n) is 2.39. The van der Waals surface area contributed by atoms with E-state index in [1.807, 2.05) is 4.90 Å². The van der Waals surface area contributed by atoms with Crippen LogP contribution >= 0.6 is 0 Å². The summed E-state index contributed by atoms with van der Waals surface area (Å²) in [6, 6.07) is 0.00801. The third kappa shape index (κ3) is 2.98. The maximum absolute atomic E-state index is 12.9. The molecule has 0 bridgehead atoms. The Hall–Kier alpha value is -0.590. The second kappa shape index (κ2) is 5.21.